The highest BCUT2D eigenvalue weighted by atomic mass is 79.9. The number of nitrogens with zero attached hydrogens (tertiary/aromatic N) is 2. The lowest BCUT2D eigenvalue weighted by Crippen LogP contribution is -2.19. The van der Waals surface area contributed by atoms with Crippen molar-refractivity contribution < 1.29 is 0 Å². The third-order valence-electron chi connectivity index (χ3n) is 3.58. The molecule has 0 radical (unpaired) electrons. The first kappa shape index (κ1) is 12.6. The summed E-state index contributed by atoms with van der Waals surface area (Å²) in [6, 6.07) is 8.55. The summed E-state index contributed by atoms with van der Waals surface area (Å²) < 4.78 is 0.873. The molecule has 0 saturated heterocycles. The van der Waals surface area contributed by atoms with Crippen LogP contribution >= 0.6 is 15.9 Å². The van der Waals surface area contributed by atoms with E-state index in [0.717, 1.165) is 28.8 Å². The molecule has 1 aliphatic carbocycles. The van der Waals surface area contributed by atoms with E-state index in [2.05, 4.69) is 43.3 Å². The standard InChI is InChI=1S/C15H16BrN3/c1-10-12(7-8-14(16)18-10)19-13-6-2-4-11-5-3-9-17-15(11)13/h3,5,7-9,13,19H,2,4,6H2,1H3. The zero-order valence-electron chi connectivity index (χ0n) is 10.9. The molecule has 1 N–H and O–H groups in total. The number of nitrogens with one attached hydrogen (secondary N) is 1. The predicted molar refractivity (Wildman–Crippen MR) is 80.2 cm³/mol. The fourth-order valence-electron chi connectivity index (χ4n) is 2.62. The number of aromatic nitrogens is 2. The lowest BCUT2D eigenvalue weighted by atomic mass is 9.92. The highest BCUT2D eigenvalue weighted by Gasteiger charge is 2.21. The van der Waals surface area contributed by atoms with Gasteiger partial charge >= 0.3 is 0 Å². The first-order valence-electron chi connectivity index (χ1n) is 6.57. The number of halogens is 1. The molecule has 4 heteroatoms. The molecule has 0 aliphatic heterocycles. The summed E-state index contributed by atoms with van der Waals surface area (Å²) in [6.07, 6.45) is 5.35. The summed E-state index contributed by atoms with van der Waals surface area (Å²) in [4.78, 5) is 8.98. The molecular weight excluding hydrogens is 302 g/mol. The van der Waals surface area contributed by atoms with Crippen LogP contribution in [0.15, 0.2) is 35.1 Å². The average Bonchev–Trinajstić information content (AvgIpc) is 2.42. The maximum atomic E-state index is 4.55. The molecule has 0 bridgehead atoms. The van der Waals surface area contributed by atoms with Crippen LogP contribution in [-0.4, -0.2) is 9.97 Å². The van der Waals surface area contributed by atoms with Crippen LogP contribution in [0.1, 0.15) is 35.8 Å². The van der Waals surface area contributed by atoms with Gasteiger partial charge in [0.15, 0.2) is 0 Å². The molecule has 2 aromatic heterocycles. The van der Waals surface area contributed by atoms with E-state index in [1.807, 2.05) is 25.3 Å². The number of aryl methyl sites for hydroxylation is 2. The van der Waals surface area contributed by atoms with Gasteiger partial charge in [-0.15, -0.1) is 0 Å². The number of hydrogen-bond acceptors (Lipinski definition) is 3. The minimum Gasteiger partial charge on any atom is -0.375 e. The van der Waals surface area contributed by atoms with E-state index in [1.165, 1.54) is 17.7 Å². The van der Waals surface area contributed by atoms with Crippen molar-refractivity contribution in [3.8, 4) is 0 Å². The second-order valence-electron chi connectivity index (χ2n) is 4.90. The Morgan fingerprint density at radius 3 is 3.05 bits per heavy atom. The molecule has 0 aromatic carbocycles. The van der Waals surface area contributed by atoms with Crippen LogP contribution in [0.3, 0.4) is 0 Å². The Kier molecular flexibility index (Phi) is 3.51. The monoisotopic (exact) mass is 317 g/mol. The lowest BCUT2D eigenvalue weighted by Gasteiger charge is -2.26. The van der Waals surface area contributed by atoms with Gasteiger partial charge in [0, 0.05) is 6.20 Å². The van der Waals surface area contributed by atoms with Gasteiger partial charge in [0.25, 0.3) is 0 Å². The van der Waals surface area contributed by atoms with Crippen LogP contribution in [0.25, 0.3) is 0 Å². The van der Waals surface area contributed by atoms with Crippen molar-refractivity contribution >= 4 is 21.6 Å². The van der Waals surface area contributed by atoms with Gasteiger partial charge in [0.2, 0.25) is 0 Å². The molecule has 3 rings (SSSR count). The minimum atomic E-state index is 0.298. The van der Waals surface area contributed by atoms with Gasteiger partial charge in [-0.3, -0.25) is 4.98 Å². The van der Waals surface area contributed by atoms with E-state index < -0.39 is 0 Å². The Morgan fingerprint density at radius 2 is 2.21 bits per heavy atom. The van der Waals surface area contributed by atoms with E-state index in [1.54, 1.807) is 0 Å². The quantitative estimate of drug-likeness (QED) is 0.849. The van der Waals surface area contributed by atoms with Crippen LogP contribution in [0.4, 0.5) is 5.69 Å². The lowest BCUT2D eigenvalue weighted by molar-refractivity contribution is 0.583. The second kappa shape index (κ2) is 5.29. The average molecular weight is 318 g/mol. The number of rotatable bonds is 2. The van der Waals surface area contributed by atoms with Gasteiger partial charge in [-0.1, -0.05) is 6.07 Å². The molecule has 1 aliphatic rings. The van der Waals surface area contributed by atoms with Crippen LogP contribution in [0.2, 0.25) is 0 Å². The van der Waals surface area contributed by atoms with Gasteiger partial charge < -0.3 is 5.32 Å². The van der Waals surface area contributed by atoms with Crippen molar-refractivity contribution in [2.24, 2.45) is 0 Å². The van der Waals surface area contributed by atoms with Crippen molar-refractivity contribution in [2.75, 3.05) is 5.32 Å². The van der Waals surface area contributed by atoms with Crippen molar-refractivity contribution in [3.63, 3.8) is 0 Å². The summed E-state index contributed by atoms with van der Waals surface area (Å²) >= 11 is 3.40. The summed E-state index contributed by atoms with van der Waals surface area (Å²) in [6.45, 7) is 2.02. The first-order valence-corrected chi connectivity index (χ1v) is 7.37. The Morgan fingerprint density at radius 1 is 1.32 bits per heavy atom. The van der Waals surface area contributed by atoms with Crippen LogP contribution in [0, 0.1) is 6.92 Å². The fraction of sp³-hybridized carbons (Fsp3) is 0.333. The zero-order chi connectivity index (χ0) is 13.2. The maximum Gasteiger partial charge on any atom is 0.106 e. The summed E-state index contributed by atoms with van der Waals surface area (Å²) in [5.41, 5.74) is 4.66. The maximum absolute atomic E-state index is 4.55. The Bertz CT molecular complexity index is 598. The van der Waals surface area contributed by atoms with Crippen molar-refractivity contribution in [1.29, 1.82) is 0 Å². The minimum absolute atomic E-state index is 0.298. The molecule has 0 saturated carbocycles. The number of pyridine rings is 2. The smallest absolute Gasteiger partial charge is 0.106 e. The topological polar surface area (TPSA) is 37.8 Å². The van der Waals surface area contributed by atoms with E-state index in [9.17, 15) is 0 Å². The molecule has 2 aromatic rings. The normalized spacial score (nSPS) is 17.9. The van der Waals surface area contributed by atoms with Gasteiger partial charge in [-0.05, 0) is 65.9 Å². The summed E-state index contributed by atoms with van der Waals surface area (Å²) in [5.74, 6) is 0. The van der Waals surface area contributed by atoms with E-state index in [4.69, 9.17) is 0 Å². The molecule has 2 heterocycles. The Balaban J connectivity index is 1.88. The predicted octanol–water partition coefficient (Wildman–Crippen LogP) is 4.04. The largest absolute Gasteiger partial charge is 0.375 e. The molecule has 1 atom stereocenters. The molecule has 19 heavy (non-hydrogen) atoms. The Hall–Kier alpha value is -1.42. The number of hydrogen-bond donors (Lipinski definition) is 1. The third-order valence-corrected chi connectivity index (χ3v) is 4.02. The molecule has 1 unspecified atom stereocenters. The van der Waals surface area contributed by atoms with Crippen molar-refractivity contribution in [1.82, 2.24) is 9.97 Å². The molecule has 98 valence electrons. The van der Waals surface area contributed by atoms with E-state index in [-0.39, 0.29) is 0 Å². The highest BCUT2D eigenvalue weighted by Crippen LogP contribution is 2.31. The van der Waals surface area contributed by atoms with Gasteiger partial charge in [0.1, 0.15) is 4.60 Å². The first-order chi connectivity index (χ1) is 9.24. The van der Waals surface area contributed by atoms with Crippen LogP contribution < -0.4 is 5.32 Å². The zero-order valence-corrected chi connectivity index (χ0v) is 12.4. The summed E-state index contributed by atoms with van der Waals surface area (Å²) in [7, 11) is 0. The van der Waals surface area contributed by atoms with Gasteiger partial charge in [-0.25, -0.2) is 4.98 Å². The van der Waals surface area contributed by atoms with E-state index >= 15 is 0 Å². The molecule has 3 nitrogen and oxygen atoms in total. The van der Waals surface area contributed by atoms with Crippen molar-refractivity contribution in [2.45, 2.75) is 32.2 Å². The molecular formula is C15H16BrN3. The second-order valence-corrected chi connectivity index (χ2v) is 5.72. The Labute approximate surface area is 121 Å². The fourth-order valence-corrected chi connectivity index (χ4v) is 3.02. The van der Waals surface area contributed by atoms with Gasteiger partial charge in [0.05, 0.1) is 23.1 Å². The van der Waals surface area contributed by atoms with E-state index in [0.29, 0.717) is 6.04 Å². The summed E-state index contributed by atoms with van der Waals surface area (Å²) in [5, 5.41) is 3.59. The van der Waals surface area contributed by atoms with Crippen molar-refractivity contribution in [3.05, 3.63) is 52.0 Å². The highest BCUT2D eigenvalue weighted by molar-refractivity contribution is 9.10. The SMILES string of the molecule is Cc1nc(Br)ccc1NC1CCCc2cccnc21. The third kappa shape index (κ3) is 2.63. The molecule has 0 amide bonds. The van der Waals surface area contributed by atoms with Crippen LogP contribution in [-0.2, 0) is 6.42 Å². The van der Waals surface area contributed by atoms with Crippen LogP contribution in [0.5, 0.6) is 0 Å². The van der Waals surface area contributed by atoms with Gasteiger partial charge in [-0.2, -0.15) is 0 Å². The number of fused-ring (bicyclic) bond motifs is 1. The number of anilines is 1. The molecule has 0 spiro atoms. The molecule has 0 fully saturated rings.